The molecule has 0 amide bonds. The summed E-state index contributed by atoms with van der Waals surface area (Å²) in [6, 6.07) is 1.78. The number of esters is 1. The molecular weight excluding hydrogens is 246 g/mol. The molecule has 0 spiro atoms. The van der Waals surface area contributed by atoms with E-state index in [-0.39, 0.29) is 5.76 Å². The third kappa shape index (κ3) is 5.89. The Morgan fingerprint density at radius 1 is 1.42 bits per heavy atom. The maximum Gasteiger partial charge on any atom is 0.374 e. The number of carbonyl (C=O) groups excluding carboxylic acids is 1. The standard InChI is InChI=1S/C14H23NO4/c1-11(2)18-8-5-4-7-15-10-12-6-9-19-13(12)14(16)17-3/h6,9,11,15H,4-5,7-8,10H2,1-3H3. The second-order valence-electron chi connectivity index (χ2n) is 4.57. The molecule has 0 aliphatic carbocycles. The monoisotopic (exact) mass is 269 g/mol. The Bertz CT molecular complexity index is 373. The number of ether oxygens (including phenoxy) is 2. The molecule has 0 aromatic carbocycles. The Morgan fingerprint density at radius 3 is 2.89 bits per heavy atom. The Labute approximate surface area is 114 Å². The average Bonchev–Trinajstić information content (AvgIpc) is 2.84. The molecule has 0 atom stereocenters. The van der Waals surface area contributed by atoms with Gasteiger partial charge in [0.15, 0.2) is 0 Å². The van der Waals surface area contributed by atoms with Crippen LogP contribution in [0.25, 0.3) is 0 Å². The van der Waals surface area contributed by atoms with Crippen molar-refractivity contribution in [3.8, 4) is 0 Å². The van der Waals surface area contributed by atoms with Crippen molar-refractivity contribution in [1.82, 2.24) is 5.32 Å². The number of nitrogens with one attached hydrogen (secondary N) is 1. The van der Waals surface area contributed by atoms with E-state index in [0.717, 1.165) is 31.6 Å². The highest BCUT2D eigenvalue weighted by Gasteiger charge is 2.14. The van der Waals surface area contributed by atoms with Crippen molar-refractivity contribution < 1.29 is 18.7 Å². The zero-order valence-electron chi connectivity index (χ0n) is 11.9. The molecule has 0 fully saturated rings. The van der Waals surface area contributed by atoms with E-state index in [4.69, 9.17) is 9.15 Å². The second kappa shape index (κ2) is 8.72. The lowest BCUT2D eigenvalue weighted by Crippen LogP contribution is -2.17. The first kappa shape index (κ1) is 15.7. The fourth-order valence-electron chi connectivity index (χ4n) is 1.64. The molecule has 1 heterocycles. The van der Waals surface area contributed by atoms with Crippen molar-refractivity contribution in [2.45, 2.75) is 39.3 Å². The molecule has 19 heavy (non-hydrogen) atoms. The van der Waals surface area contributed by atoms with Crippen LogP contribution in [0.1, 0.15) is 42.8 Å². The normalized spacial score (nSPS) is 10.9. The van der Waals surface area contributed by atoms with E-state index < -0.39 is 5.97 Å². The van der Waals surface area contributed by atoms with Crippen molar-refractivity contribution in [2.24, 2.45) is 0 Å². The summed E-state index contributed by atoms with van der Waals surface area (Å²) in [4.78, 5) is 11.4. The lowest BCUT2D eigenvalue weighted by atomic mass is 10.2. The van der Waals surface area contributed by atoms with Gasteiger partial charge in [0.25, 0.3) is 0 Å². The minimum absolute atomic E-state index is 0.276. The van der Waals surface area contributed by atoms with Gasteiger partial charge in [0.1, 0.15) is 0 Å². The maximum absolute atomic E-state index is 11.4. The summed E-state index contributed by atoms with van der Waals surface area (Å²) in [7, 11) is 1.34. The summed E-state index contributed by atoms with van der Waals surface area (Å²) >= 11 is 0. The minimum Gasteiger partial charge on any atom is -0.463 e. The summed E-state index contributed by atoms with van der Waals surface area (Å²) in [6.45, 7) is 6.34. The molecular formula is C14H23NO4. The van der Waals surface area contributed by atoms with E-state index in [1.807, 2.05) is 13.8 Å². The highest BCUT2D eigenvalue weighted by molar-refractivity contribution is 5.87. The molecule has 0 saturated heterocycles. The summed E-state index contributed by atoms with van der Waals surface area (Å²) in [5, 5.41) is 3.27. The van der Waals surface area contributed by atoms with Gasteiger partial charge in [-0.15, -0.1) is 0 Å². The Morgan fingerprint density at radius 2 is 2.21 bits per heavy atom. The van der Waals surface area contributed by atoms with Crippen LogP contribution in [0.2, 0.25) is 0 Å². The molecule has 1 aromatic rings. The van der Waals surface area contributed by atoms with Gasteiger partial charge in [0.05, 0.1) is 19.5 Å². The van der Waals surface area contributed by atoms with Crippen LogP contribution < -0.4 is 5.32 Å². The Balaban J connectivity index is 2.16. The van der Waals surface area contributed by atoms with Gasteiger partial charge in [-0.25, -0.2) is 4.79 Å². The summed E-state index contributed by atoms with van der Waals surface area (Å²) in [6.07, 6.45) is 3.86. The predicted molar refractivity (Wildman–Crippen MR) is 72.1 cm³/mol. The number of hydrogen-bond donors (Lipinski definition) is 1. The van der Waals surface area contributed by atoms with Crippen molar-refractivity contribution in [3.63, 3.8) is 0 Å². The number of furan rings is 1. The smallest absolute Gasteiger partial charge is 0.374 e. The van der Waals surface area contributed by atoms with Gasteiger partial charge in [-0.05, 0) is 39.3 Å². The van der Waals surface area contributed by atoms with E-state index in [9.17, 15) is 4.79 Å². The van der Waals surface area contributed by atoms with E-state index in [2.05, 4.69) is 10.1 Å². The topological polar surface area (TPSA) is 60.7 Å². The van der Waals surface area contributed by atoms with Gasteiger partial charge in [0, 0.05) is 18.7 Å². The summed E-state index contributed by atoms with van der Waals surface area (Å²) in [5.41, 5.74) is 0.824. The molecule has 0 unspecified atom stereocenters. The lowest BCUT2D eigenvalue weighted by Gasteiger charge is -2.07. The molecule has 0 aliphatic rings. The summed E-state index contributed by atoms with van der Waals surface area (Å²) < 4.78 is 15.2. The van der Waals surface area contributed by atoms with Crippen LogP contribution in [-0.2, 0) is 16.0 Å². The fraction of sp³-hybridized carbons (Fsp3) is 0.643. The molecule has 1 rings (SSSR count). The van der Waals surface area contributed by atoms with Gasteiger partial charge in [0.2, 0.25) is 5.76 Å². The second-order valence-corrected chi connectivity index (χ2v) is 4.57. The van der Waals surface area contributed by atoms with E-state index in [1.165, 1.54) is 13.4 Å². The van der Waals surface area contributed by atoms with Gasteiger partial charge >= 0.3 is 5.97 Å². The van der Waals surface area contributed by atoms with Gasteiger partial charge in [-0.1, -0.05) is 0 Å². The van der Waals surface area contributed by atoms with Crippen LogP contribution in [0, 0.1) is 0 Å². The highest BCUT2D eigenvalue weighted by Crippen LogP contribution is 2.11. The molecule has 108 valence electrons. The molecule has 5 nitrogen and oxygen atoms in total. The molecule has 0 saturated carbocycles. The molecule has 0 radical (unpaired) electrons. The maximum atomic E-state index is 11.4. The SMILES string of the molecule is COC(=O)c1occc1CNCCCCOC(C)C. The molecule has 0 aliphatic heterocycles. The van der Waals surface area contributed by atoms with E-state index >= 15 is 0 Å². The van der Waals surface area contributed by atoms with Crippen LogP contribution in [0.15, 0.2) is 16.7 Å². The van der Waals surface area contributed by atoms with Gasteiger partial charge < -0.3 is 19.2 Å². The first-order chi connectivity index (χ1) is 9.15. The van der Waals surface area contributed by atoms with Crippen molar-refractivity contribution in [3.05, 3.63) is 23.7 Å². The lowest BCUT2D eigenvalue weighted by molar-refractivity contribution is 0.0563. The van der Waals surface area contributed by atoms with Crippen LogP contribution >= 0.6 is 0 Å². The van der Waals surface area contributed by atoms with Gasteiger partial charge in [-0.3, -0.25) is 0 Å². The van der Waals surface area contributed by atoms with Gasteiger partial charge in [-0.2, -0.15) is 0 Å². The van der Waals surface area contributed by atoms with Crippen LogP contribution in [0.3, 0.4) is 0 Å². The van der Waals surface area contributed by atoms with E-state index in [0.29, 0.717) is 12.6 Å². The molecule has 1 N–H and O–H groups in total. The van der Waals surface area contributed by atoms with Crippen LogP contribution in [0.4, 0.5) is 0 Å². The fourth-order valence-corrected chi connectivity index (χ4v) is 1.64. The number of carbonyl (C=O) groups is 1. The Hall–Kier alpha value is -1.33. The minimum atomic E-state index is -0.438. The molecule has 5 heteroatoms. The summed E-state index contributed by atoms with van der Waals surface area (Å²) in [5.74, 6) is -0.162. The quantitative estimate of drug-likeness (QED) is 0.551. The van der Waals surface area contributed by atoms with Crippen molar-refractivity contribution >= 4 is 5.97 Å². The third-order valence-electron chi connectivity index (χ3n) is 2.63. The first-order valence-corrected chi connectivity index (χ1v) is 6.62. The van der Waals surface area contributed by atoms with Crippen LogP contribution in [-0.4, -0.2) is 32.3 Å². The Kier molecular flexibility index (Phi) is 7.22. The predicted octanol–water partition coefficient (Wildman–Crippen LogP) is 2.36. The van der Waals surface area contributed by atoms with Crippen LogP contribution in [0.5, 0.6) is 0 Å². The average molecular weight is 269 g/mol. The number of rotatable bonds is 9. The number of hydrogen-bond acceptors (Lipinski definition) is 5. The first-order valence-electron chi connectivity index (χ1n) is 6.62. The highest BCUT2D eigenvalue weighted by atomic mass is 16.5. The zero-order valence-corrected chi connectivity index (χ0v) is 11.9. The number of methoxy groups -OCH3 is 1. The van der Waals surface area contributed by atoms with Crippen molar-refractivity contribution in [1.29, 1.82) is 0 Å². The van der Waals surface area contributed by atoms with E-state index in [1.54, 1.807) is 6.07 Å². The molecule has 1 aromatic heterocycles. The number of unbranched alkanes of at least 4 members (excludes halogenated alkanes) is 1. The molecule has 0 bridgehead atoms. The largest absolute Gasteiger partial charge is 0.463 e. The zero-order chi connectivity index (χ0) is 14.1. The third-order valence-corrected chi connectivity index (χ3v) is 2.63. The van der Waals surface area contributed by atoms with Crippen molar-refractivity contribution in [2.75, 3.05) is 20.3 Å².